The number of nitrogens with one attached hydrogen (secondary N) is 1. The molecule has 0 saturated carbocycles. The van der Waals surface area contributed by atoms with Gasteiger partial charge in [0, 0.05) is 32.7 Å². The van der Waals surface area contributed by atoms with Crippen LogP contribution in [0, 0.1) is 11.3 Å². The molecule has 0 atom stereocenters. The van der Waals surface area contributed by atoms with Gasteiger partial charge < -0.3 is 19.7 Å². The summed E-state index contributed by atoms with van der Waals surface area (Å²) in [6, 6.07) is 7.73. The van der Waals surface area contributed by atoms with Gasteiger partial charge in [-0.3, -0.25) is 4.90 Å². The van der Waals surface area contributed by atoms with Crippen LogP contribution in [-0.2, 0) is 6.54 Å². The molecule has 22 heavy (non-hydrogen) atoms. The molecule has 1 fully saturated rings. The van der Waals surface area contributed by atoms with E-state index in [9.17, 15) is 4.79 Å². The van der Waals surface area contributed by atoms with Crippen LogP contribution >= 0.6 is 0 Å². The standard InChI is InChI=1S/C15H18N4O3/c16-3-4-17-15(20)19-7-5-18(6-8-19)10-12-1-2-13-14(9-12)22-11-21-13/h1-2,9H,4-8,10-11H2,(H,17,20). The molecular weight excluding hydrogens is 284 g/mol. The zero-order valence-electron chi connectivity index (χ0n) is 12.2. The molecule has 3 rings (SSSR count). The smallest absolute Gasteiger partial charge is 0.318 e. The Morgan fingerprint density at radius 3 is 2.77 bits per heavy atom. The number of ether oxygens (including phenoxy) is 2. The van der Waals surface area contributed by atoms with Gasteiger partial charge in [-0.2, -0.15) is 5.26 Å². The monoisotopic (exact) mass is 302 g/mol. The number of urea groups is 1. The van der Waals surface area contributed by atoms with Crippen LogP contribution < -0.4 is 14.8 Å². The summed E-state index contributed by atoms with van der Waals surface area (Å²) in [6.45, 7) is 4.13. The number of nitrogens with zero attached hydrogens (tertiary/aromatic N) is 3. The number of hydrogen-bond donors (Lipinski definition) is 1. The minimum absolute atomic E-state index is 0.0518. The number of carbonyl (C=O) groups excluding carboxylic acids is 1. The van der Waals surface area contributed by atoms with E-state index < -0.39 is 0 Å². The van der Waals surface area contributed by atoms with Crippen molar-refractivity contribution >= 4 is 6.03 Å². The third-order valence-electron chi connectivity index (χ3n) is 3.82. The van der Waals surface area contributed by atoms with E-state index in [0.717, 1.165) is 31.1 Å². The number of nitriles is 1. The lowest BCUT2D eigenvalue weighted by molar-refractivity contribution is 0.136. The Morgan fingerprint density at radius 1 is 1.23 bits per heavy atom. The van der Waals surface area contributed by atoms with Gasteiger partial charge in [0.15, 0.2) is 11.5 Å². The second-order valence-corrected chi connectivity index (χ2v) is 5.27. The van der Waals surface area contributed by atoms with Gasteiger partial charge in [0.05, 0.1) is 6.07 Å². The van der Waals surface area contributed by atoms with E-state index >= 15 is 0 Å². The SMILES string of the molecule is N#CCNC(=O)N1CCN(Cc2ccc3c(c2)OCO3)CC1. The highest BCUT2D eigenvalue weighted by atomic mass is 16.7. The Bertz CT molecular complexity index is 591. The lowest BCUT2D eigenvalue weighted by atomic mass is 10.1. The number of hydrogen-bond acceptors (Lipinski definition) is 5. The van der Waals surface area contributed by atoms with Crippen molar-refractivity contribution in [2.75, 3.05) is 39.5 Å². The van der Waals surface area contributed by atoms with Crippen LogP contribution in [0.2, 0.25) is 0 Å². The maximum Gasteiger partial charge on any atom is 0.318 e. The first-order valence-corrected chi connectivity index (χ1v) is 7.27. The first-order chi connectivity index (χ1) is 10.8. The number of rotatable bonds is 3. The summed E-state index contributed by atoms with van der Waals surface area (Å²) in [5.41, 5.74) is 1.17. The van der Waals surface area contributed by atoms with E-state index in [-0.39, 0.29) is 19.4 Å². The van der Waals surface area contributed by atoms with Crippen LogP contribution in [0.1, 0.15) is 5.56 Å². The average molecular weight is 302 g/mol. The molecule has 1 N–H and O–H groups in total. The third-order valence-corrected chi connectivity index (χ3v) is 3.82. The van der Waals surface area contributed by atoms with Crippen LogP contribution in [0.15, 0.2) is 18.2 Å². The van der Waals surface area contributed by atoms with Gasteiger partial charge in [0.1, 0.15) is 6.54 Å². The number of piperazine rings is 1. The lowest BCUT2D eigenvalue weighted by Crippen LogP contribution is -2.51. The normalized spacial score (nSPS) is 17.1. The van der Waals surface area contributed by atoms with Gasteiger partial charge in [0.25, 0.3) is 0 Å². The Balaban J connectivity index is 1.50. The number of carbonyl (C=O) groups is 1. The molecule has 7 nitrogen and oxygen atoms in total. The molecule has 1 aromatic carbocycles. The molecule has 0 radical (unpaired) electrons. The molecule has 1 saturated heterocycles. The summed E-state index contributed by atoms with van der Waals surface area (Å²) >= 11 is 0. The summed E-state index contributed by atoms with van der Waals surface area (Å²) in [5, 5.41) is 11.0. The van der Waals surface area contributed by atoms with Crippen molar-refractivity contribution in [3.05, 3.63) is 23.8 Å². The molecule has 7 heteroatoms. The number of benzene rings is 1. The molecule has 1 aromatic rings. The van der Waals surface area contributed by atoms with Gasteiger partial charge in [-0.25, -0.2) is 4.79 Å². The summed E-state index contributed by atoms with van der Waals surface area (Å²) in [7, 11) is 0. The molecule has 2 heterocycles. The van der Waals surface area contributed by atoms with Crippen molar-refractivity contribution in [2.45, 2.75) is 6.54 Å². The summed E-state index contributed by atoms with van der Waals surface area (Å²) in [5.74, 6) is 1.59. The topological polar surface area (TPSA) is 77.8 Å². The molecule has 116 valence electrons. The Morgan fingerprint density at radius 2 is 2.00 bits per heavy atom. The summed E-state index contributed by atoms with van der Waals surface area (Å²) in [4.78, 5) is 15.8. The maximum atomic E-state index is 11.8. The Labute approximate surface area is 129 Å². The maximum absolute atomic E-state index is 11.8. The Hall–Kier alpha value is -2.46. The van der Waals surface area contributed by atoms with E-state index in [1.54, 1.807) is 4.90 Å². The average Bonchev–Trinajstić information content (AvgIpc) is 3.01. The predicted molar refractivity (Wildman–Crippen MR) is 78.4 cm³/mol. The van der Waals surface area contributed by atoms with Gasteiger partial charge in [-0.1, -0.05) is 6.07 Å². The molecule has 0 aliphatic carbocycles. The molecule has 2 amide bonds. The van der Waals surface area contributed by atoms with Gasteiger partial charge >= 0.3 is 6.03 Å². The zero-order chi connectivity index (χ0) is 15.4. The fourth-order valence-electron chi connectivity index (χ4n) is 2.63. The van der Waals surface area contributed by atoms with E-state index in [2.05, 4.69) is 10.2 Å². The molecule has 2 aliphatic heterocycles. The van der Waals surface area contributed by atoms with Gasteiger partial charge in [-0.05, 0) is 17.7 Å². The molecule has 2 aliphatic rings. The lowest BCUT2D eigenvalue weighted by Gasteiger charge is -2.34. The highest BCUT2D eigenvalue weighted by Crippen LogP contribution is 2.32. The fourth-order valence-corrected chi connectivity index (χ4v) is 2.63. The number of amides is 2. The van der Waals surface area contributed by atoms with Crippen molar-refractivity contribution in [3.8, 4) is 17.6 Å². The van der Waals surface area contributed by atoms with Crippen LogP contribution in [0.4, 0.5) is 4.79 Å². The first kappa shape index (κ1) is 14.5. The fraction of sp³-hybridized carbons (Fsp3) is 0.467. The minimum Gasteiger partial charge on any atom is -0.454 e. The molecule has 0 bridgehead atoms. The third kappa shape index (κ3) is 3.23. The van der Waals surface area contributed by atoms with Crippen LogP contribution in [0.3, 0.4) is 0 Å². The minimum atomic E-state index is -0.163. The molecular formula is C15H18N4O3. The van der Waals surface area contributed by atoms with Crippen LogP contribution in [-0.4, -0.2) is 55.3 Å². The van der Waals surface area contributed by atoms with Crippen molar-refractivity contribution in [1.29, 1.82) is 5.26 Å². The summed E-state index contributed by atoms with van der Waals surface area (Å²) < 4.78 is 10.7. The van der Waals surface area contributed by atoms with Crippen LogP contribution in [0.5, 0.6) is 11.5 Å². The van der Waals surface area contributed by atoms with E-state index in [1.165, 1.54) is 5.56 Å². The number of fused-ring (bicyclic) bond motifs is 1. The molecule has 0 aromatic heterocycles. The van der Waals surface area contributed by atoms with E-state index in [1.807, 2.05) is 24.3 Å². The highest BCUT2D eigenvalue weighted by Gasteiger charge is 2.21. The Kier molecular flexibility index (Phi) is 4.30. The van der Waals surface area contributed by atoms with Crippen LogP contribution in [0.25, 0.3) is 0 Å². The quantitative estimate of drug-likeness (QED) is 0.834. The zero-order valence-corrected chi connectivity index (χ0v) is 12.2. The van der Waals surface area contributed by atoms with Crippen molar-refractivity contribution < 1.29 is 14.3 Å². The van der Waals surface area contributed by atoms with Crippen molar-refractivity contribution in [2.24, 2.45) is 0 Å². The second kappa shape index (κ2) is 6.54. The van der Waals surface area contributed by atoms with Gasteiger partial charge in [0.2, 0.25) is 6.79 Å². The van der Waals surface area contributed by atoms with Gasteiger partial charge in [-0.15, -0.1) is 0 Å². The van der Waals surface area contributed by atoms with E-state index in [0.29, 0.717) is 13.1 Å². The van der Waals surface area contributed by atoms with Crippen molar-refractivity contribution in [3.63, 3.8) is 0 Å². The van der Waals surface area contributed by atoms with Crippen molar-refractivity contribution in [1.82, 2.24) is 15.1 Å². The second-order valence-electron chi connectivity index (χ2n) is 5.27. The first-order valence-electron chi connectivity index (χ1n) is 7.27. The predicted octanol–water partition coefficient (Wildman–Crippen LogP) is 0.766. The molecule has 0 unspecified atom stereocenters. The molecule has 0 spiro atoms. The highest BCUT2D eigenvalue weighted by molar-refractivity contribution is 5.74. The van der Waals surface area contributed by atoms with E-state index in [4.69, 9.17) is 14.7 Å². The largest absolute Gasteiger partial charge is 0.454 e. The summed E-state index contributed by atoms with van der Waals surface area (Å²) in [6.07, 6.45) is 0.